The number of carbonyl (C=O) groups excluding carboxylic acids is 1. The lowest BCUT2D eigenvalue weighted by Crippen LogP contribution is -2.44. The molecule has 2 unspecified atom stereocenters. The second-order valence-corrected chi connectivity index (χ2v) is 5.52. The van der Waals surface area contributed by atoms with Crippen LogP contribution in [0.1, 0.15) is 24.4 Å². The van der Waals surface area contributed by atoms with E-state index in [1.807, 2.05) is 24.3 Å². The fourth-order valence-electron chi connectivity index (χ4n) is 2.62. The molecule has 0 radical (unpaired) electrons. The third-order valence-corrected chi connectivity index (χ3v) is 4.03. The van der Waals surface area contributed by atoms with Crippen LogP contribution in [0.5, 0.6) is 0 Å². The van der Waals surface area contributed by atoms with Gasteiger partial charge in [0.2, 0.25) is 5.91 Å². The summed E-state index contributed by atoms with van der Waals surface area (Å²) in [4.78, 5) is 13.6. The van der Waals surface area contributed by atoms with Crippen molar-refractivity contribution in [1.29, 1.82) is 0 Å². The van der Waals surface area contributed by atoms with Gasteiger partial charge < -0.3 is 11.5 Å². The van der Waals surface area contributed by atoms with E-state index in [2.05, 4.69) is 20.8 Å². The molecule has 1 saturated heterocycles. The van der Waals surface area contributed by atoms with Crippen LogP contribution in [0, 0.1) is 0 Å². The molecule has 18 heavy (non-hydrogen) atoms. The highest BCUT2D eigenvalue weighted by atomic mass is 79.9. The first-order valence-corrected chi connectivity index (χ1v) is 6.93. The van der Waals surface area contributed by atoms with Crippen LogP contribution in [0.3, 0.4) is 0 Å². The second-order valence-electron chi connectivity index (χ2n) is 4.60. The van der Waals surface area contributed by atoms with Crippen LogP contribution in [-0.4, -0.2) is 29.9 Å². The molecular formula is C13H18BrN3O. The van der Waals surface area contributed by atoms with E-state index in [9.17, 15) is 4.79 Å². The van der Waals surface area contributed by atoms with E-state index in [0.29, 0.717) is 6.54 Å². The van der Waals surface area contributed by atoms with E-state index < -0.39 is 0 Å². The van der Waals surface area contributed by atoms with Crippen LogP contribution in [-0.2, 0) is 4.79 Å². The number of benzene rings is 1. The van der Waals surface area contributed by atoms with Crippen molar-refractivity contribution in [2.75, 3.05) is 13.1 Å². The third kappa shape index (κ3) is 2.74. The largest absolute Gasteiger partial charge is 0.368 e. The number of hydrogen-bond donors (Lipinski definition) is 2. The Morgan fingerprint density at radius 1 is 1.44 bits per heavy atom. The van der Waals surface area contributed by atoms with Gasteiger partial charge in [0.05, 0.1) is 6.04 Å². The minimum atomic E-state index is -0.247. The monoisotopic (exact) mass is 311 g/mol. The number of halogens is 1. The van der Waals surface area contributed by atoms with E-state index in [4.69, 9.17) is 11.5 Å². The minimum absolute atomic E-state index is 0.0677. The number of nitrogens with zero attached hydrogens (tertiary/aromatic N) is 1. The zero-order valence-corrected chi connectivity index (χ0v) is 11.8. The van der Waals surface area contributed by atoms with Crippen molar-refractivity contribution in [2.45, 2.75) is 24.9 Å². The number of amides is 1. The Morgan fingerprint density at radius 3 is 2.67 bits per heavy atom. The van der Waals surface area contributed by atoms with Gasteiger partial charge >= 0.3 is 0 Å². The Kier molecular flexibility index (Phi) is 4.37. The number of likely N-dealkylation sites (tertiary alicyclic amines) is 1. The van der Waals surface area contributed by atoms with Gasteiger partial charge in [-0.05, 0) is 37.1 Å². The van der Waals surface area contributed by atoms with E-state index in [-0.39, 0.29) is 18.0 Å². The molecule has 1 aliphatic rings. The highest BCUT2D eigenvalue weighted by Crippen LogP contribution is 2.29. The smallest absolute Gasteiger partial charge is 0.234 e. The minimum Gasteiger partial charge on any atom is -0.368 e. The highest BCUT2D eigenvalue weighted by molar-refractivity contribution is 9.10. The van der Waals surface area contributed by atoms with E-state index in [0.717, 1.165) is 29.4 Å². The van der Waals surface area contributed by atoms with Crippen molar-refractivity contribution in [3.05, 3.63) is 34.3 Å². The molecule has 2 atom stereocenters. The number of carbonyl (C=O) groups is 1. The highest BCUT2D eigenvalue weighted by Gasteiger charge is 2.34. The lowest BCUT2D eigenvalue weighted by Gasteiger charge is -2.31. The molecule has 4 nitrogen and oxygen atoms in total. The Hall–Kier alpha value is -0.910. The summed E-state index contributed by atoms with van der Waals surface area (Å²) in [6.45, 7) is 1.37. The summed E-state index contributed by atoms with van der Waals surface area (Å²) in [5.74, 6) is -0.247. The Bertz CT molecular complexity index is 421. The van der Waals surface area contributed by atoms with Crippen LogP contribution in [0.15, 0.2) is 28.7 Å². The van der Waals surface area contributed by atoms with Crippen LogP contribution in [0.4, 0.5) is 0 Å². The molecule has 0 aliphatic carbocycles. The molecule has 1 heterocycles. The molecule has 0 bridgehead atoms. The zero-order valence-electron chi connectivity index (χ0n) is 10.2. The van der Waals surface area contributed by atoms with Crippen molar-refractivity contribution in [2.24, 2.45) is 11.5 Å². The van der Waals surface area contributed by atoms with Gasteiger partial charge in [-0.1, -0.05) is 28.1 Å². The first-order chi connectivity index (χ1) is 8.63. The maximum atomic E-state index is 11.5. The van der Waals surface area contributed by atoms with Crippen molar-refractivity contribution < 1.29 is 4.79 Å². The maximum Gasteiger partial charge on any atom is 0.234 e. The average Bonchev–Trinajstić information content (AvgIpc) is 2.82. The predicted octanol–water partition coefficient (Wildman–Crippen LogP) is 1.40. The predicted molar refractivity (Wildman–Crippen MR) is 74.9 cm³/mol. The summed E-state index contributed by atoms with van der Waals surface area (Å²) in [5, 5.41) is 0. The van der Waals surface area contributed by atoms with E-state index >= 15 is 0 Å². The zero-order chi connectivity index (χ0) is 13.1. The second kappa shape index (κ2) is 5.82. The van der Waals surface area contributed by atoms with E-state index in [1.165, 1.54) is 0 Å². The van der Waals surface area contributed by atoms with E-state index in [1.54, 1.807) is 0 Å². The first-order valence-electron chi connectivity index (χ1n) is 6.14. The Balaban J connectivity index is 2.22. The summed E-state index contributed by atoms with van der Waals surface area (Å²) in [7, 11) is 0. The fraction of sp³-hybridized carbons (Fsp3) is 0.462. The van der Waals surface area contributed by atoms with Crippen LogP contribution >= 0.6 is 15.9 Å². The lowest BCUT2D eigenvalue weighted by molar-refractivity contribution is -0.122. The normalized spacial score (nSPS) is 22.0. The van der Waals surface area contributed by atoms with Crippen molar-refractivity contribution in [3.63, 3.8) is 0 Å². The molecule has 1 aromatic rings. The maximum absolute atomic E-state index is 11.5. The lowest BCUT2D eigenvalue weighted by atomic mass is 10.0. The van der Waals surface area contributed by atoms with Crippen molar-refractivity contribution in [1.82, 2.24) is 4.90 Å². The molecule has 1 aliphatic heterocycles. The van der Waals surface area contributed by atoms with Crippen molar-refractivity contribution in [3.8, 4) is 0 Å². The topological polar surface area (TPSA) is 72.3 Å². The van der Waals surface area contributed by atoms with Gasteiger partial charge in [0.15, 0.2) is 0 Å². The third-order valence-electron chi connectivity index (χ3n) is 3.50. The van der Waals surface area contributed by atoms with Gasteiger partial charge in [0.1, 0.15) is 0 Å². The van der Waals surface area contributed by atoms with Gasteiger partial charge in [0, 0.05) is 17.1 Å². The number of nitrogens with two attached hydrogens (primary N) is 2. The van der Waals surface area contributed by atoms with Crippen LogP contribution < -0.4 is 11.5 Å². The first kappa shape index (κ1) is 13.5. The number of hydrogen-bond acceptors (Lipinski definition) is 3. The van der Waals surface area contributed by atoms with Gasteiger partial charge in [-0.25, -0.2) is 0 Å². The molecule has 1 amide bonds. The SMILES string of the molecule is NCC(c1ccc(Br)cc1)N1CCCC1C(N)=O. The molecule has 4 N–H and O–H groups in total. The summed E-state index contributed by atoms with van der Waals surface area (Å²) >= 11 is 3.42. The van der Waals surface area contributed by atoms with Gasteiger partial charge in [-0.2, -0.15) is 0 Å². The molecule has 0 spiro atoms. The average molecular weight is 312 g/mol. The van der Waals surface area contributed by atoms with Gasteiger partial charge in [-0.3, -0.25) is 9.69 Å². The molecule has 98 valence electrons. The van der Waals surface area contributed by atoms with Gasteiger partial charge in [0.25, 0.3) is 0 Å². The van der Waals surface area contributed by atoms with Crippen molar-refractivity contribution >= 4 is 21.8 Å². The summed E-state index contributed by atoms with van der Waals surface area (Å²) < 4.78 is 1.04. The van der Waals surface area contributed by atoms with Crippen LogP contribution in [0.2, 0.25) is 0 Å². The van der Waals surface area contributed by atoms with Gasteiger partial charge in [-0.15, -0.1) is 0 Å². The molecule has 0 aromatic heterocycles. The van der Waals surface area contributed by atoms with Crippen LogP contribution in [0.25, 0.3) is 0 Å². The molecule has 5 heteroatoms. The molecule has 1 aromatic carbocycles. The quantitative estimate of drug-likeness (QED) is 0.883. The summed E-state index contributed by atoms with van der Waals surface area (Å²) in [6.07, 6.45) is 1.84. The summed E-state index contributed by atoms with van der Waals surface area (Å²) in [6, 6.07) is 7.96. The molecule has 1 fully saturated rings. The number of rotatable bonds is 4. The Labute approximate surface area is 115 Å². The summed E-state index contributed by atoms with van der Waals surface area (Å²) in [5.41, 5.74) is 12.5. The molecule has 2 rings (SSSR count). The Morgan fingerprint density at radius 2 is 2.11 bits per heavy atom. The molecular weight excluding hydrogens is 294 g/mol. The fourth-order valence-corrected chi connectivity index (χ4v) is 2.88. The standard InChI is InChI=1S/C13H18BrN3O/c14-10-5-3-9(4-6-10)12(8-15)17-7-1-2-11(17)13(16)18/h3-6,11-12H,1-2,7-8,15H2,(H2,16,18). The number of primary amides is 1. The molecule has 0 saturated carbocycles.